The summed E-state index contributed by atoms with van der Waals surface area (Å²) in [6.07, 6.45) is 2.72. The van der Waals surface area contributed by atoms with E-state index in [0.717, 1.165) is 11.1 Å². The van der Waals surface area contributed by atoms with E-state index in [2.05, 4.69) is 10.3 Å². The van der Waals surface area contributed by atoms with Gasteiger partial charge in [-0.15, -0.1) is 0 Å². The highest BCUT2D eigenvalue weighted by Crippen LogP contribution is 2.09. The molecule has 18 heavy (non-hydrogen) atoms. The van der Waals surface area contributed by atoms with Crippen LogP contribution in [0.25, 0.3) is 0 Å². The zero-order valence-electron chi connectivity index (χ0n) is 9.54. The number of aromatic nitrogens is 1. The van der Waals surface area contributed by atoms with Crippen molar-refractivity contribution in [3.8, 4) is 0 Å². The minimum absolute atomic E-state index is 0.0879. The molecule has 0 aromatic carbocycles. The Balaban J connectivity index is 2.86. The maximum Gasteiger partial charge on any atom is 0.274 e. The van der Waals surface area contributed by atoms with Crippen molar-refractivity contribution >= 4 is 18.0 Å². The van der Waals surface area contributed by atoms with Gasteiger partial charge in [-0.25, -0.2) is 4.98 Å². The maximum absolute atomic E-state index is 10.9. The second-order valence-corrected chi connectivity index (χ2v) is 3.66. The minimum atomic E-state index is -0.636. The molecule has 0 fully saturated rings. The van der Waals surface area contributed by atoms with E-state index in [0.29, 0.717) is 17.1 Å². The Morgan fingerprint density at radius 2 is 2.39 bits per heavy atom. The zero-order chi connectivity index (χ0) is 13.5. The van der Waals surface area contributed by atoms with Gasteiger partial charge in [0.25, 0.3) is 6.20 Å². The zero-order valence-corrected chi connectivity index (χ0v) is 10.3. The average Bonchev–Trinajstić information content (AvgIpc) is 2.35. The molecule has 1 heterocycles. The first kappa shape index (κ1) is 13.9. The van der Waals surface area contributed by atoms with E-state index in [1.165, 1.54) is 13.2 Å². The molecule has 0 unspecified atom stereocenters. The molecule has 0 aliphatic carbocycles. The molecule has 0 radical (unpaired) electrons. The summed E-state index contributed by atoms with van der Waals surface area (Å²) in [4.78, 5) is 25.7. The highest BCUT2D eigenvalue weighted by atomic mass is 35.5. The van der Waals surface area contributed by atoms with Crippen molar-refractivity contribution in [2.24, 2.45) is 0 Å². The van der Waals surface area contributed by atoms with Crippen LogP contribution in [0, 0.1) is 10.1 Å². The molecule has 7 nitrogen and oxygen atoms in total. The van der Waals surface area contributed by atoms with Crippen LogP contribution in [0.4, 0.5) is 0 Å². The number of hydrogen-bond acceptors (Lipinski definition) is 5. The third-order valence-corrected chi connectivity index (χ3v) is 2.29. The number of hydrogen-bond donors (Lipinski definition) is 1. The minimum Gasteiger partial charge on any atom is -0.369 e. The van der Waals surface area contributed by atoms with Crippen LogP contribution in [-0.4, -0.2) is 28.3 Å². The second-order valence-electron chi connectivity index (χ2n) is 3.27. The van der Waals surface area contributed by atoms with E-state index in [1.54, 1.807) is 12.1 Å². The van der Waals surface area contributed by atoms with Gasteiger partial charge < -0.3 is 5.32 Å². The number of amides is 1. The van der Waals surface area contributed by atoms with Crippen molar-refractivity contribution < 1.29 is 9.72 Å². The Kier molecular flexibility index (Phi) is 5.06. The number of nitro groups is 1. The molecule has 1 aromatic heterocycles. The van der Waals surface area contributed by atoms with Crippen molar-refractivity contribution in [2.75, 3.05) is 7.05 Å². The highest BCUT2D eigenvalue weighted by Gasteiger charge is 2.11. The SMILES string of the molecule is CN/C(=C/[N+](=O)[O-])N(C=O)Cc1ccc(Cl)nc1. The molecule has 0 aliphatic heterocycles. The first-order valence-corrected chi connectivity index (χ1v) is 5.30. The predicted molar refractivity (Wildman–Crippen MR) is 65.0 cm³/mol. The van der Waals surface area contributed by atoms with Crippen molar-refractivity contribution in [1.29, 1.82) is 0 Å². The van der Waals surface area contributed by atoms with E-state index in [-0.39, 0.29) is 12.4 Å². The number of nitrogens with zero attached hydrogens (tertiary/aromatic N) is 3. The quantitative estimate of drug-likeness (QED) is 0.360. The summed E-state index contributed by atoms with van der Waals surface area (Å²) in [7, 11) is 1.49. The number of pyridine rings is 1. The summed E-state index contributed by atoms with van der Waals surface area (Å²) in [6.45, 7) is 0.161. The lowest BCUT2D eigenvalue weighted by Gasteiger charge is -2.18. The summed E-state index contributed by atoms with van der Waals surface area (Å²) in [5.41, 5.74) is 0.705. The van der Waals surface area contributed by atoms with Crippen molar-refractivity contribution in [3.05, 3.63) is 51.2 Å². The van der Waals surface area contributed by atoms with Crippen LogP contribution in [0.1, 0.15) is 5.56 Å². The van der Waals surface area contributed by atoms with Gasteiger partial charge in [-0.2, -0.15) is 0 Å². The molecular weight excluding hydrogens is 260 g/mol. The number of halogens is 1. The first-order valence-electron chi connectivity index (χ1n) is 4.92. The number of nitrogens with one attached hydrogen (secondary N) is 1. The third-order valence-electron chi connectivity index (χ3n) is 2.06. The molecule has 1 aromatic rings. The number of rotatable bonds is 6. The van der Waals surface area contributed by atoms with Gasteiger partial charge in [-0.3, -0.25) is 19.8 Å². The van der Waals surface area contributed by atoms with Crippen LogP contribution < -0.4 is 5.32 Å². The van der Waals surface area contributed by atoms with E-state index in [1.807, 2.05) is 0 Å². The van der Waals surface area contributed by atoms with Gasteiger partial charge in [0.2, 0.25) is 6.41 Å². The van der Waals surface area contributed by atoms with Gasteiger partial charge in [-0.05, 0) is 11.6 Å². The molecule has 1 rings (SSSR count). The summed E-state index contributed by atoms with van der Waals surface area (Å²) in [5, 5.41) is 13.3. The maximum atomic E-state index is 10.9. The summed E-state index contributed by atoms with van der Waals surface area (Å²) in [5.74, 6) is 0.0879. The number of carbonyl (C=O) groups excluding carboxylic acids is 1. The summed E-state index contributed by atoms with van der Waals surface area (Å²) < 4.78 is 0. The summed E-state index contributed by atoms with van der Waals surface area (Å²) in [6, 6.07) is 3.27. The molecule has 8 heteroatoms. The van der Waals surface area contributed by atoms with Crippen LogP contribution in [0.5, 0.6) is 0 Å². The van der Waals surface area contributed by atoms with Crippen LogP contribution in [0.3, 0.4) is 0 Å². The van der Waals surface area contributed by atoms with Crippen molar-refractivity contribution in [3.63, 3.8) is 0 Å². The van der Waals surface area contributed by atoms with Crippen molar-refractivity contribution in [1.82, 2.24) is 15.2 Å². The van der Waals surface area contributed by atoms with Crippen LogP contribution in [0.15, 0.2) is 30.4 Å². The fourth-order valence-corrected chi connectivity index (χ4v) is 1.37. The molecule has 0 atom stereocenters. The Morgan fingerprint density at radius 3 is 2.83 bits per heavy atom. The van der Waals surface area contributed by atoms with Gasteiger partial charge in [0.15, 0.2) is 5.82 Å². The normalized spacial score (nSPS) is 10.9. The van der Waals surface area contributed by atoms with Gasteiger partial charge in [0, 0.05) is 13.2 Å². The van der Waals surface area contributed by atoms with E-state index >= 15 is 0 Å². The van der Waals surface area contributed by atoms with Gasteiger partial charge >= 0.3 is 0 Å². The smallest absolute Gasteiger partial charge is 0.274 e. The fourth-order valence-electron chi connectivity index (χ4n) is 1.26. The molecule has 0 saturated carbocycles. The number of carbonyl (C=O) groups is 1. The molecule has 0 saturated heterocycles. The van der Waals surface area contributed by atoms with Gasteiger partial charge in [0.05, 0.1) is 11.5 Å². The fraction of sp³-hybridized carbons (Fsp3) is 0.200. The Hall–Kier alpha value is -2.15. The lowest BCUT2D eigenvalue weighted by Crippen LogP contribution is -2.29. The van der Waals surface area contributed by atoms with Crippen LogP contribution >= 0.6 is 11.6 Å². The Labute approximate surface area is 108 Å². The lowest BCUT2D eigenvalue weighted by molar-refractivity contribution is -0.404. The highest BCUT2D eigenvalue weighted by molar-refractivity contribution is 6.29. The molecule has 96 valence electrons. The standard InChI is InChI=1S/C10H11ClN4O3/c1-12-10(6-15(17)18)14(7-16)5-8-2-3-9(11)13-4-8/h2-4,6-7,12H,5H2,1H3/b10-6-. The monoisotopic (exact) mass is 270 g/mol. The van der Waals surface area contributed by atoms with E-state index < -0.39 is 4.92 Å². The molecule has 0 aliphatic rings. The van der Waals surface area contributed by atoms with Gasteiger partial charge in [-0.1, -0.05) is 17.7 Å². The molecule has 0 bridgehead atoms. The van der Waals surface area contributed by atoms with Crippen molar-refractivity contribution in [2.45, 2.75) is 6.54 Å². The van der Waals surface area contributed by atoms with Gasteiger partial charge in [0.1, 0.15) is 5.15 Å². The van der Waals surface area contributed by atoms with Crippen LogP contribution in [0.2, 0.25) is 5.15 Å². The second kappa shape index (κ2) is 6.55. The predicted octanol–water partition coefficient (Wildman–Crippen LogP) is 0.988. The summed E-state index contributed by atoms with van der Waals surface area (Å²) >= 11 is 5.63. The largest absolute Gasteiger partial charge is 0.369 e. The van der Waals surface area contributed by atoms with E-state index in [9.17, 15) is 14.9 Å². The van der Waals surface area contributed by atoms with E-state index in [4.69, 9.17) is 11.6 Å². The van der Waals surface area contributed by atoms with Crippen LogP contribution in [-0.2, 0) is 11.3 Å². The average molecular weight is 271 g/mol. The third kappa shape index (κ3) is 4.02. The topological polar surface area (TPSA) is 88.4 Å². The Morgan fingerprint density at radius 1 is 1.67 bits per heavy atom. The lowest BCUT2D eigenvalue weighted by atomic mass is 10.3. The molecule has 0 spiro atoms. The Bertz CT molecular complexity index is 461. The molecular formula is C10H11ClN4O3. The molecule has 1 N–H and O–H groups in total. The first-order chi connectivity index (χ1) is 8.56. The molecule has 1 amide bonds.